The first kappa shape index (κ1) is 13.4. The van der Waals surface area contributed by atoms with Crippen LogP contribution >= 0.6 is 11.8 Å². The zero-order chi connectivity index (χ0) is 13.9. The van der Waals surface area contributed by atoms with E-state index in [1.54, 1.807) is 6.07 Å². The summed E-state index contributed by atoms with van der Waals surface area (Å²) >= 11 is 1.86. The van der Waals surface area contributed by atoms with Crippen molar-refractivity contribution in [3.63, 3.8) is 0 Å². The minimum atomic E-state index is -0.217. The number of nitrogens with one attached hydrogen (secondary N) is 1. The highest BCUT2D eigenvalue weighted by Crippen LogP contribution is 2.32. The maximum atomic E-state index is 13.2. The molecule has 2 aromatic rings. The Bertz CT molecular complexity index is 631. The summed E-state index contributed by atoms with van der Waals surface area (Å²) in [5.74, 6) is 3.39. The molecule has 1 N–H and O–H groups in total. The second-order valence-corrected chi connectivity index (χ2v) is 5.73. The standard InChI is InChI=1S/C15H16FN3S/c1-2-17-15-12-8-20-9-13(12)18-14(19-15)7-10-4-3-5-11(16)6-10/h3-6H,2,7-9H2,1H3,(H,17,18,19). The molecular formula is C15H16FN3S. The number of aromatic nitrogens is 2. The Morgan fingerprint density at radius 1 is 1.30 bits per heavy atom. The average molecular weight is 289 g/mol. The van der Waals surface area contributed by atoms with Crippen LogP contribution in [0, 0.1) is 5.82 Å². The normalized spacial score (nSPS) is 13.3. The number of hydrogen-bond donors (Lipinski definition) is 1. The third-order valence-electron chi connectivity index (χ3n) is 3.22. The molecule has 0 radical (unpaired) electrons. The van der Waals surface area contributed by atoms with Crippen LogP contribution in [0.15, 0.2) is 24.3 Å². The Balaban J connectivity index is 1.92. The highest BCUT2D eigenvalue weighted by Gasteiger charge is 2.19. The van der Waals surface area contributed by atoms with Crippen LogP contribution in [0.4, 0.5) is 10.2 Å². The predicted octanol–water partition coefficient (Wildman–Crippen LogP) is 3.39. The fourth-order valence-electron chi connectivity index (χ4n) is 2.32. The van der Waals surface area contributed by atoms with Gasteiger partial charge in [0.1, 0.15) is 17.5 Å². The molecule has 3 rings (SSSR count). The van der Waals surface area contributed by atoms with E-state index in [1.807, 2.05) is 17.8 Å². The SMILES string of the molecule is CCNc1nc(Cc2cccc(F)c2)nc2c1CSC2. The molecular weight excluding hydrogens is 273 g/mol. The van der Waals surface area contributed by atoms with Crippen LogP contribution in [-0.4, -0.2) is 16.5 Å². The lowest BCUT2D eigenvalue weighted by molar-refractivity contribution is 0.625. The second kappa shape index (κ2) is 5.79. The van der Waals surface area contributed by atoms with Gasteiger partial charge in [-0.25, -0.2) is 14.4 Å². The Morgan fingerprint density at radius 3 is 3.00 bits per heavy atom. The molecule has 0 bridgehead atoms. The molecule has 1 aliphatic rings. The first-order chi connectivity index (χ1) is 9.76. The zero-order valence-corrected chi connectivity index (χ0v) is 12.1. The molecule has 1 aromatic carbocycles. The molecule has 0 aliphatic carbocycles. The minimum absolute atomic E-state index is 0.217. The summed E-state index contributed by atoms with van der Waals surface area (Å²) < 4.78 is 13.2. The van der Waals surface area contributed by atoms with Gasteiger partial charge in [-0.1, -0.05) is 12.1 Å². The summed E-state index contributed by atoms with van der Waals surface area (Å²) in [6.45, 7) is 2.90. The Morgan fingerprint density at radius 2 is 2.20 bits per heavy atom. The Labute approximate surface area is 122 Å². The second-order valence-electron chi connectivity index (χ2n) is 4.74. The molecule has 0 saturated carbocycles. The third-order valence-corrected chi connectivity index (χ3v) is 4.19. The zero-order valence-electron chi connectivity index (χ0n) is 11.3. The van der Waals surface area contributed by atoms with Crippen molar-refractivity contribution in [2.24, 2.45) is 0 Å². The van der Waals surface area contributed by atoms with E-state index in [0.717, 1.165) is 41.0 Å². The molecule has 0 amide bonds. The third kappa shape index (κ3) is 2.77. The van der Waals surface area contributed by atoms with Crippen LogP contribution in [0.1, 0.15) is 29.6 Å². The first-order valence-electron chi connectivity index (χ1n) is 6.71. The number of rotatable bonds is 4. The molecule has 2 heterocycles. The van der Waals surface area contributed by atoms with E-state index in [-0.39, 0.29) is 5.82 Å². The van der Waals surface area contributed by atoms with Gasteiger partial charge < -0.3 is 5.32 Å². The van der Waals surface area contributed by atoms with Gasteiger partial charge in [0.25, 0.3) is 0 Å². The van der Waals surface area contributed by atoms with Gasteiger partial charge in [0, 0.05) is 30.0 Å². The van der Waals surface area contributed by atoms with Crippen molar-refractivity contribution in [3.05, 3.63) is 52.7 Å². The van der Waals surface area contributed by atoms with Crippen molar-refractivity contribution < 1.29 is 4.39 Å². The Kier molecular flexibility index (Phi) is 3.87. The number of halogens is 1. The van der Waals surface area contributed by atoms with E-state index in [0.29, 0.717) is 6.42 Å². The van der Waals surface area contributed by atoms with E-state index in [9.17, 15) is 4.39 Å². The number of fused-ring (bicyclic) bond motifs is 1. The van der Waals surface area contributed by atoms with Crippen molar-refractivity contribution >= 4 is 17.6 Å². The van der Waals surface area contributed by atoms with Gasteiger partial charge >= 0.3 is 0 Å². The summed E-state index contributed by atoms with van der Waals surface area (Å²) in [7, 11) is 0. The van der Waals surface area contributed by atoms with Gasteiger partial charge in [-0.05, 0) is 24.6 Å². The molecule has 0 atom stereocenters. The van der Waals surface area contributed by atoms with E-state index >= 15 is 0 Å². The number of benzene rings is 1. The van der Waals surface area contributed by atoms with Gasteiger partial charge in [-0.15, -0.1) is 0 Å². The number of thioether (sulfide) groups is 1. The Hall–Kier alpha value is -1.62. The fourth-order valence-corrected chi connectivity index (χ4v) is 3.37. The summed E-state index contributed by atoms with van der Waals surface area (Å²) in [6.07, 6.45) is 0.564. The lowest BCUT2D eigenvalue weighted by Gasteiger charge is -2.10. The topological polar surface area (TPSA) is 37.8 Å². The van der Waals surface area contributed by atoms with Crippen LogP contribution in [0.2, 0.25) is 0 Å². The predicted molar refractivity (Wildman–Crippen MR) is 80.4 cm³/mol. The molecule has 0 saturated heterocycles. The summed E-state index contributed by atoms with van der Waals surface area (Å²) in [6, 6.07) is 6.62. The molecule has 104 valence electrons. The minimum Gasteiger partial charge on any atom is -0.370 e. The molecule has 0 fully saturated rings. The van der Waals surface area contributed by atoms with E-state index in [4.69, 9.17) is 0 Å². The van der Waals surface area contributed by atoms with Gasteiger partial charge in [0.05, 0.1) is 5.69 Å². The fraction of sp³-hybridized carbons (Fsp3) is 0.333. The van der Waals surface area contributed by atoms with Crippen molar-refractivity contribution in [3.8, 4) is 0 Å². The molecule has 0 unspecified atom stereocenters. The van der Waals surface area contributed by atoms with Crippen molar-refractivity contribution in [1.29, 1.82) is 0 Å². The van der Waals surface area contributed by atoms with Crippen LogP contribution in [0.25, 0.3) is 0 Å². The quantitative estimate of drug-likeness (QED) is 0.936. The maximum Gasteiger partial charge on any atom is 0.135 e. The number of hydrogen-bond acceptors (Lipinski definition) is 4. The number of nitrogens with zero attached hydrogens (tertiary/aromatic N) is 2. The largest absolute Gasteiger partial charge is 0.370 e. The van der Waals surface area contributed by atoms with Gasteiger partial charge in [0.15, 0.2) is 0 Å². The lowest BCUT2D eigenvalue weighted by Crippen LogP contribution is -2.09. The molecule has 0 spiro atoms. The number of anilines is 1. The van der Waals surface area contributed by atoms with Gasteiger partial charge in [-0.3, -0.25) is 0 Å². The summed E-state index contributed by atoms with van der Waals surface area (Å²) in [5.41, 5.74) is 3.24. The molecule has 5 heteroatoms. The van der Waals surface area contributed by atoms with E-state index in [2.05, 4.69) is 22.2 Å². The average Bonchev–Trinajstić information content (AvgIpc) is 2.87. The lowest BCUT2D eigenvalue weighted by atomic mass is 10.1. The molecule has 1 aliphatic heterocycles. The van der Waals surface area contributed by atoms with Crippen LogP contribution in [0.3, 0.4) is 0 Å². The van der Waals surface area contributed by atoms with Gasteiger partial charge in [-0.2, -0.15) is 11.8 Å². The molecule has 1 aromatic heterocycles. The summed E-state index contributed by atoms with van der Waals surface area (Å²) in [5, 5.41) is 3.31. The first-order valence-corrected chi connectivity index (χ1v) is 7.86. The van der Waals surface area contributed by atoms with E-state index < -0.39 is 0 Å². The van der Waals surface area contributed by atoms with Gasteiger partial charge in [0.2, 0.25) is 0 Å². The molecule has 3 nitrogen and oxygen atoms in total. The monoisotopic (exact) mass is 289 g/mol. The van der Waals surface area contributed by atoms with Crippen LogP contribution < -0.4 is 5.32 Å². The maximum absolute atomic E-state index is 13.2. The van der Waals surface area contributed by atoms with Crippen LogP contribution in [0.5, 0.6) is 0 Å². The smallest absolute Gasteiger partial charge is 0.135 e. The van der Waals surface area contributed by atoms with Crippen molar-refractivity contribution in [2.75, 3.05) is 11.9 Å². The molecule has 20 heavy (non-hydrogen) atoms. The van der Waals surface area contributed by atoms with Crippen LogP contribution in [-0.2, 0) is 17.9 Å². The van der Waals surface area contributed by atoms with E-state index in [1.165, 1.54) is 17.7 Å². The highest BCUT2D eigenvalue weighted by atomic mass is 32.2. The summed E-state index contributed by atoms with van der Waals surface area (Å²) in [4.78, 5) is 9.23. The van der Waals surface area contributed by atoms with Crippen molar-refractivity contribution in [2.45, 2.75) is 24.9 Å². The highest BCUT2D eigenvalue weighted by molar-refractivity contribution is 7.98. The van der Waals surface area contributed by atoms with Crippen molar-refractivity contribution in [1.82, 2.24) is 9.97 Å².